The molecule has 0 spiro atoms. The van der Waals surface area contributed by atoms with Crippen molar-refractivity contribution >= 4 is 17.1 Å². The molecular formula is C35H45Cl2OSiTi-2. The Kier molecular flexibility index (Phi) is 16.0. The average molecular weight is 629 g/mol. The zero-order valence-electron chi connectivity index (χ0n) is 25.8. The zero-order chi connectivity index (χ0) is 28.7. The van der Waals surface area contributed by atoms with Gasteiger partial charge in [0.1, 0.15) is 5.75 Å². The minimum atomic E-state index is -1.50. The predicted molar refractivity (Wildman–Crippen MR) is 166 cm³/mol. The van der Waals surface area contributed by atoms with Crippen LogP contribution in [0.5, 0.6) is 5.75 Å². The predicted octanol–water partition coefficient (Wildman–Crippen LogP) is 2.95. The van der Waals surface area contributed by atoms with Gasteiger partial charge < -0.3 is 29.9 Å². The number of halogens is 2. The molecule has 0 fully saturated rings. The quantitative estimate of drug-likeness (QED) is 0.350. The Labute approximate surface area is 269 Å². The summed E-state index contributed by atoms with van der Waals surface area (Å²) in [5, 5.41) is 11.3. The van der Waals surface area contributed by atoms with E-state index >= 15 is 0 Å². The SMILES string of the molecule is CC1=[C-]C(C)C(C)=C1C.Cc1cc(O)cc([Si](C)(C)C(C)(C)C)c1.[Cl-].[Cl-].[Ti+]=[C](c1ccccc1)c1ccccc1. The van der Waals surface area contributed by atoms with E-state index in [0.717, 1.165) is 5.56 Å². The molecular weight excluding hydrogens is 583 g/mol. The van der Waals surface area contributed by atoms with Crippen LogP contribution in [0.1, 0.15) is 65.2 Å². The molecule has 1 nitrogen and oxygen atoms in total. The molecule has 3 aromatic carbocycles. The molecule has 1 atom stereocenters. The number of benzene rings is 3. The summed E-state index contributed by atoms with van der Waals surface area (Å²) in [7, 11) is -1.50. The van der Waals surface area contributed by atoms with E-state index in [1.807, 2.05) is 31.2 Å². The van der Waals surface area contributed by atoms with Crippen LogP contribution in [0.4, 0.5) is 0 Å². The molecule has 3 aromatic rings. The molecule has 0 saturated heterocycles. The molecule has 0 saturated carbocycles. The van der Waals surface area contributed by atoms with Gasteiger partial charge in [-0.3, -0.25) is 6.08 Å². The van der Waals surface area contributed by atoms with Crippen LogP contribution in [0.25, 0.3) is 0 Å². The van der Waals surface area contributed by atoms with Crippen molar-refractivity contribution in [2.75, 3.05) is 0 Å². The molecule has 0 radical (unpaired) electrons. The monoisotopic (exact) mass is 627 g/mol. The van der Waals surface area contributed by atoms with Gasteiger partial charge >= 0.3 is 95.6 Å². The van der Waals surface area contributed by atoms with Crippen LogP contribution in [0.2, 0.25) is 18.1 Å². The van der Waals surface area contributed by atoms with Crippen LogP contribution in [0, 0.1) is 18.9 Å². The number of hydrogen-bond donors (Lipinski definition) is 1. The van der Waals surface area contributed by atoms with Gasteiger partial charge in [-0.1, -0.05) is 71.8 Å². The fourth-order valence-electron chi connectivity index (χ4n) is 4.09. The van der Waals surface area contributed by atoms with Crippen molar-refractivity contribution in [3.63, 3.8) is 0 Å². The van der Waals surface area contributed by atoms with Crippen molar-refractivity contribution < 1.29 is 49.9 Å². The fraction of sp³-hybridized carbons (Fsp3) is 0.343. The second kappa shape index (κ2) is 16.7. The van der Waals surface area contributed by atoms with E-state index in [9.17, 15) is 5.11 Å². The summed E-state index contributed by atoms with van der Waals surface area (Å²) in [6, 6.07) is 26.9. The van der Waals surface area contributed by atoms with Crippen LogP contribution >= 0.6 is 0 Å². The molecule has 0 aromatic heterocycles. The van der Waals surface area contributed by atoms with Gasteiger partial charge in [-0.2, -0.15) is 11.1 Å². The van der Waals surface area contributed by atoms with Crippen molar-refractivity contribution in [2.24, 2.45) is 5.92 Å². The molecule has 4 rings (SSSR count). The Balaban J connectivity index is 0.000000572. The van der Waals surface area contributed by atoms with E-state index in [1.54, 1.807) is 0 Å². The van der Waals surface area contributed by atoms with Gasteiger partial charge in [0, 0.05) is 0 Å². The summed E-state index contributed by atoms with van der Waals surface area (Å²) in [5.74, 6) is 0.958. The van der Waals surface area contributed by atoms with Gasteiger partial charge in [0.2, 0.25) is 0 Å². The minimum absolute atomic E-state index is 0. The van der Waals surface area contributed by atoms with Crippen molar-refractivity contribution in [1.82, 2.24) is 0 Å². The van der Waals surface area contributed by atoms with E-state index in [1.165, 1.54) is 36.8 Å². The Morgan fingerprint density at radius 2 is 1.25 bits per heavy atom. The van der Waals surface area contributed by atoms with Crippen LogP contribution in [-0.4, -0.2) is 17.0 Å². The Hall–Kier alpha value is -1.68. The normalized spacial score (nSPS) is 14.4. The second-order valence-corrected chi connectivity index (χ2v) is 17.9. The molecule has 0 heterocycles. The van der Waals surface area contributed by atoms with Crippen molar-refractivity contribution in [3.8, 4) is 5.75 Å². The number of rotatable bonds is 3. The summed E-state index contributed by atoms with van der Waals surface area (Å²) in [4.78, 5) is 0. The van der Waals surface area contributed by atoms with Crippen LogP contribution in [0.15, 0.2) is 95.6 Å². The van der Waals surface area contributed by atoms with E-state index < -0.39 is 8.07 Å². The Morgan fingerprint density at radius 3 is 1.55 bits per heavy atom. The Morgan fingerprint density at radius 1 is 0.800 bits per heavy atom. The van der Waals surface area contributed by atoms with Crippen molar-refractivity contribution in [2.45, 2.75) is 73.5 Å². The molecule has 1 N–H and O–H groups in total. The zero-order valence-corrected chi connectivity index (χ0v) is 29.9. The fourth-order valence-corrected chi connectivity index (χ4v) is 6.58. The number of phenols is 1. The molecule has 0 bridgehead atoms. The summed E-state index contributed by atoms with van der Waals surface area (Å²) in [6.45, 7) is 22.3. The summed E-state index contributed by atoms with van der Waals surface area (Å²) < 4.78 is 1.33. The first-order valence-electron chi connectivity index (χ1n) is 13.4. The van der Waals surface area contributed by atoms with Gasteiger partial charge in [-0.25, -0.2) is 5.57 Å². The van der Waals surface area contributed by atoms with Crippen LogP contribution < -0.4 is 30.0 Å². The van der Waals surface area contributed by atoms with E-state index in [0.29, 0.717) is 16.7 Å². The molecule has 0 aliphatic heterocycles. The van der Waals surface area contributed by atoms with Gasteiger partial charge in [0.25, 0.3) is 0 Å². The van der Waals surface area contributed by atoms with E-state index in [4.69, 9.17) is 0 Å². The van der Waals surface area contributed by atoms with Gasteiger partial charge in [-0.05, 0) is 29.7 Å². The average Bonchev–Trinajstić information content (AvgIpc) is 3.09. The first-order valence-corrected chi connectivity index (χ1v) is 17.2. The molecule has 215 valence electrons. The standard InChI is InChI=1S/C13H22OSi.C13H10.C9H13.2ClH.Ti/c1-10-7-11(14)9-12(8-10)15(5,6)13(2,3)4;1-3-7-12(8-4-1)11-13-9-5-2-6-10-13;1-6-5-7(2)9(4)8(6)3;;;/h7-9,14H,1-6H3;1-10H;6H,1-4H3;2*1H;/q;;-1;;;+1/p-2. The molecule has 1 aliphatic rings. The number of aryl methyl sites for hydroxylation is 1. The third kappa shape index (κ3) is 10.6. The number of phenolic OH excluding ortho intramolecular Hbond substituents is 1. The topological polar surface area (TPSA) is 20.2 Å². The van der Waals surface area contributed by atoms with Crippen LogP contribution in [0.3, 0.4) is 0 Å². The molecule has 0 amide bonds. The number of aromatic hydroxyl groups is 1. The van der Waals surface area contributed by atoms with E-state index in [2.05, 4.69) is 142 Å². The first kappa shape index (κ1) is 38.3. The summed E-state index contributed by atoms with van der Waals surface area (Å²) in [5.41, 5.74) is 7.97. The third-order valence-electron chi connectivity index (χ3n) is 8.02. The molecule has 1 unspecified atom stereocenters. The van der Waals surface area contributed by atoms with Gasteiger partial charge in [-0.15, -0.1) is 6.92 Å². The molecule has 5 heteroatoms. The summed E-state index contributed by atoms with van der Waals surface area (Å²) >= 11 is 2.16. The van der Waals surface area contributed by atoms with Crippen molar-refractivity contribution in [1.29, 1.82) is 0 Å². The maximum atomic E-state index is 9.65. The van der Waals surface area contributed by atoms with Crippen LogP contribution in [-0.2, 0) is 20.0 Å². The molecule has 40 heavy (non-hydrogen) atoms. The van der Waals surface area contributed by atoms with Gasteiger partial charge in [0.15, 0.2) is 0 Å². The molecule has 1 aliphatic carbocycles. The first-order chi connectivity index (χ1) is 17.6. The van der Waals surface area contributed by atoms with Crippen molar-refractivity contribution in [3.05, 3.63) is 118 Å². The second-order valence-electron chi connectivity index (χ2n) is 11.8. The van der Waals surface area contributed by atoms with E-state index in [-0.39, 0.29) is 24.8 Å². The Bertz CT molecular complexity index is 1230. The van der Waals surface area contributed by atoms with Gasteiger partial charge in [0.05, 0.1) is 8.07 Å². The number of hydrogen-bond acceptors (Lipinski definition) is 1. The summed E-state index contributed by atoms with van der Waals surface area (Å²) in [6.07, 6.45) is 3.36. The number of allylic oxidation sites excluding steroid dienone is 4. The maximum absolute atomic E-state index is 9.65. The third-order valence-corrected chi connectivity index (χ3v) is 14.4.